The number of aryl methyl sites for hydroxylation is 1. The average molecular weight is 218 g/mol. The average Bonchev–Trinajstić information content (AvgIpc) is 2.20. The molecule has 15 heavy (non-hydrogen) atoms. The zero-order chi connectivity index (χ0) is 11.3. The van der Waals surface area contributed by atoms with Gasteiger partial charge in [0.1, 0.15) is 0 Å². The quantitative estimate of drug-likeness (QED) is 0.662. The molecule has 1 rings (SSSR count). The van der Waals surface area contributed by atoms with E-state index in [2.05, 4.69) is 57.7 Å². The van der Waals surface area contributed by atoms with Crippen molar-refractivity contribution in [1.82, 2.24) is 0 Å². The Morgan fingerprint density at radius 3 is 2.40 bits per heavy atom. The zero-order valence-electron chi connectivity index (χ0n) is 9.71. The highest BCUT2D eigenvalue weighted by Gasteiger charge is 1.98. The molecular weight excluding hydrogens is 200 g/mol. The van der Waals surface area contributed by atoms with Crippen LogP contribution in [0, 0.1) is 6.92 Å². The monoisotopic (exact) mass is 218 g/mol. The van der Waals surface area contributed by atoms with Crippen molar-refractivity contribution in [3.05, 3.63) is 52.4 Å². The fourth-order valence-corrected chi connectivity index (χ4v) is 2.03. The molecule has 0 N–H and O–H groups in total. The van der Waals surface area contributed by atoms with E-state index in [-0.39, 0.29) is 0 Å². The Morgan fingerprint density at radius 2 is 1.93 bits per heavy atom. The molecule has 0 bridgehead atoms. The maximum absolute atomic E-state index is 4.00. The van der Waals surface area contributed by atoms with Crippen LogP contribution >= 0.6 is 11.8 Å². The number of hydrogen-bond donors (Lipinski definition) is 0. The molecular formula is C14H18S. The molecule has 0 aliphatic carbocycles. The van der Waals surface area contributed by atoms with Crippen molar-refractivity contribution < 1.29 is 0 Å². The molecule has 0 fully saturated rings. The van der Waals surface area contributed by atoms with E-state index in [1.807, 2.05) is 11.8 Å². The standard InChI is InChI=1S/C14H18S/c1-5-15-14(11(2)3)10-13-8-6-12(4)7-9-13/h6-10H,2,5H2,1,3-4H3/b14-10+. The van der Waals surface area contributed by atoms with Gasteiger partial charge in [-0.3, -0.25) is 0 Å². The van der Waals surface area contributed by atoms with E-state index >= 15 is 0 Å². The highest BCUT2D eigenvalue weighted by Crippen LogP contribution is 2.25. The predicted molar refractivity (Wildman–Crippen MR) is 72.1 cm³/mol. The topological polar surface area (TPSA) is 0 Å². The van der Waals surface area contributed by atoms with Gasteiger partial charge in [0, 0.05) is 4.91 Å². The SMILES string of the molecule is C=C(C)/C(=C\c1ccc(C)cc1)SCC. The summed E-state index contributed by atoms with van der Waals surface area (Å²) in [6.45, 7) is 10.3. The van der Waals surface area contributed by atoms with Gasteiger partial charge in [-0.25, -0.2) is 0 Å². The van der Waals surface area contributed by atoms with E-state index in [9.17, 15) is 0 Å². The number of allylic oxidation sites excluding steroid dienone is 1. The molecule has 0 aliphatic rings. The molecule has 0 nitrogen and oxygen atoms in total. The van der Waals surface area contributed by atoms with Crippen LogP contribution in [-0.2, 0) is 0 Å². The van der Waals surface area contributed by atoms with Crippen LogP contribution in [0.1, 0.15) is 25.0 Å². The molecule has 0 aromatic heterocycles. The van der Waals surface area contributed by atoms with Gasteiger partial charge in [-0.05, 0) is 36.8 Å². The Balaban J connectivity index is 2.91. The summed E-state index contributed by atoms with van der Waals surface area (Å²) in [4.78, 5) is 1.28. The van der Waals surface area contributed by atoms with E-state index in [0.717, 1.165) is 11.3 Å². The van der Waals surface area contributed by atoms with E-state index in [1.54, 1.807) is 0 Å². The molecule has 0 saturated heterocycles. The first-order valence-electron chi connectivity index (χ1n) is 5.20. The molecule has 0 radical (unpaired) electrons. The first-order valence-corrected chi connectivity index (χ1v) is 6.19. The summed E-state index contributed by atoms with van der Waals surface area (Å²) >= 11 is 1.85. The van der Waals surface area contributed by atoms with Crippen molar-refractivity contribution in [1.29, 1.82) is 0 Å². The number of hydrogen-bond acceptors (Lipinski definition) is 1. The van der Waals surface area contributed by atoms with Crippen molar-refractivity contribution in [3.63, 3.8) is 0 Å². The second-order valence-electron chi connectivity index (χ2n) is 3.63. The van der Waals surface area contributed by atoms with Gasteiger partial charge >= 0.3 is 0 Å². The van der Waals surface area contributed by atoms with Gasteiger partial charge in [-0.2, -0.15) is 0 Å². The molecule has 0 spiro atoms. The van der Waals surface area contributed by atoms with Gasteiger partial charge < -0.3 is 0 Å². The maximum atomic E-state index is 4.00. The minimum absolute atomic E-state index is 1.09. The Kier molecular flexibility index (Phi) is 4.70. The van der Waals surface area contributed by atoms with E-state index in [0.29, 0.717) is 0 Å². The number of rotatable bonds is 4. The molecule has 80 valence electrons. The smallest absolute Gasteiger partial charge is 0.0101 e. The summed E-state index contributed by atoms with van der Waals surface area (Å²) in [7, 11) is 0. The van der Waals surface area contributed by atoms with Crippen LogP contribution in [-0.4, -0.2) is 5.75 Å². The van der Waals surface area contributed by atoms with Crippen molar-refractivity contribution in [2.24, 2.45) is 0 Å². The van der Waals surface area contributed by atoms with E-state index in [1.165, 1.54) is 16.0 Å². The molecule has 1 heteroatoms. The molecule has 0 unspecified atom stereocenters. The maximum Gasteiger partial charge on any atom is 0.0101 e. The molecule has 0 atom stereocenters. The summed E-state index contributed by atoms with van der Waals surface area (Å²) in [5.41, 5.74) is 3.69. The molecule has 0 heterocycles. The molecule has 0 saturated carbocycles. The van der Waals surface area contributed by atoms with Gasteiger partial charge in [0.25, 0.3) is 0 Å². The Morgan fingerprint density at radius 1 is 1.33 bits per heavy atom. The summed E-state index contributed by atoms with van der Waals surface area (Å²) in [5, 5.41) is 0. The fraction of sp³-hybridized carbons (Fsp3) is 0.286. The highest BCUT2D eigenvalue weighted by atomic mass is 32.2. The summed E-state index contributed by atoms with van der Waals surface area (Å²) in [6.07, 6.45) is 2.20. The Bertz CT molecular complexity index is 357. The predicted octanol–water partition coefficient (Wildman–Crippen LogP) is 4.67. The summed E-state index contributed by atoms with van der Waals surface area (Å²) < 4.78 is 0. The largest absolute Gasteiger partial charge is 0.126 e. The first-order chi connectivity index (χ1) is 7.13. The lowest BCUT2D eigenvalue weighted by atomic mass is 10.1. The van der Waals surface area contributed by atoms with Crippen LogP contribution in [0.25, 0.3) is 6.08 Å². The second-order valence-corrected chi connectivity index (χ2v) is 4.94. The normalized spacial score (nSPS) is 11.5. The third kappa shape index (κ3) is 3.96. The zero-order valence-corrected chi connectivity index (χ0v) is 10.5. The second kappa shape index (κ2) is 5.82. The van der Waals surface area contributed by atoms with Gasteiger partial charge in [-0.15, -0.1) is 11.8 Å². The Labute approximate surface area is 97.1 Å². The van der Waals surface area contributed by atoms with Crippen LogP contribution in [0.5, 0.6) is 0 Å². The lowest BCUT2D eigenvalue weighted by molar-refractivity contribution is 1.46. The molecule has 1 aromatic carbocycles. The summed E-state index contributed by atoms with van der Waals surface area (Å²) in [6, 6.07) is 8.57. The fourth-order valence-electron chi connectivity index (χ4n) is 1.26. The molecule has 0 amide bonds. The van der Waals surface area contributed by atoms with E-state index < -0.39 is 0 Å². The lowest BCUT2D eigenvalue weighted by Crippen LogP contribution is -1.81. The van der Waals surface area contributed by atoms with Crippen molar-refractivity contribution >= 4 is 17.8 Å². The minimum Gasteiger partial charge on any atom is -0.126 e. The lowest BCUT2D eigenvalue weighted by Gasteiger charge is -2.05. The minimum atomic E-state index is 1.09. The van der Waals surface area contributed by atoms with Gasteiger partial charge in [0.15, 0.2) is 0 Å². The van der Waals surface area contributed by atoms with Crippen LogP contribution in [0.15, 0.2) is 41.3 Å². The van der Waals surface area contributed by atoms with Crippen molar-refractivity contribution in [2.45, 2.75) is 20.8 Å². The van der Waals surface area contributed by atoms with Crippen molar-refractivity contribution in [3.8, 4) is 0 Å². The van der Waals surface area contributed by atoms with Gasteiger partial charge in [0.2, 0.25) is 0 Å². The third-order valence-electron chi connectivity index (χ3n) is 2.10. The number of benzene rings is 1. The summed E-state index contributed by atoms with van der Waals surface area (Å²) in [5.74, 6) is 1.09. The van der Waals surface area contributed by atoms with Gasteiger partial charge in [-0.1, -0.05) is 43.3 Å². The van der Waals surface area contributed by atoms with E-state index in [4.69, 9.17) is 0 Å². The molecule has 1 aromatic rings. The van der Waals surface area contributed by atoms with Crippen LogP contribution in [0.3, 0.4) is 0 Å². The number of thioether (sulfide) groups is 1. The highest BCUT2D eigenvalue weighted by molar-refractivity contribution is 8.03. The molecule has 0 aliphatic heterocycles. The first kappa shape index (κ1) is 12.1. The van der Waals surface area contributed by atoms with Crippen LogP contribution in [0.4, 0.5) is 0 Å². The van der Waals surface area contributed by atoms with Crippen molar-refractivity contribution in [2.75, 3.05) is 5.75 Å². The van der Waals surface area contributed by atoms with Crippen LogP contribution < -0.4 is 0 Å². The van der Waals surface area contributed by atoms with Gasteiger partial charge in [0.05, 0.1) is 0 Å². The third-order valence-corrected chi connectivity index (χ3v) is 3.16. The Hall–Kier alpha value is -0.950. The van der Waals surface area contributed by atoms with Crippen LogP contribution in [0.2, 0.25) is 0 Å².